The number of ketones is 1. The summed E-state index contributed by atoms with van der Waals surface area (Å²) in [7, 11) is 0. The van der Waals surface area contributed by atoms with Crippen molar-refractivity contribution in [3.05, 3.63) is 0 Å². The van der Waals surface area contributed by atoms with Gasteiger partial charge in [0.25, 0.3) is 0 Å². The second-order valence-corrected chi connectivity index (χ2v) is 4.49. The predicted molar refractivity (Wildman–Crippen MR) is 59.3 cm³/mol. The number of nitriles is 2. The van der Waals surface area contributed by atoms with Crippen molar-refractivity contribution in [2.24, 2.45) is 11.3 Å². The van der Waals surface area contributed by atoms with Crippen molar-refractivity contribution in [3.8, 4) is 12.1 Å². The zero-order chi connectivity index (χ0) is 12.9. The summed E-state index contributed by atoms with van der Waals surface area (Å²) in [4.78, 5) is 22.6. The Morgan fingerprint density at radius 3 is 2.35 bits per heavy atom. The Labute approximate surface area is 100 Å². The van der Waals surface area contributed by atoms with Gasteiger partial charge in [-0.25, -0.2) is 0 Å². The molecule has 0 aromatic carbocycles. The fourth-order valence-electron chi connectivity index (χ4n) is 2.07. The molecular weight excluding hydrogens is 218 g/mol. The lowest BCUT2D eigenvalue weighted by atomic mass is 9.88. The average molecular weight is 233 g/mol. The van der Waals surface area contributed by atoms with Crippen molar-refractivity contribution in [2.45, 2.75) is 32.6 Å². The van der Waals surface area contributed by atoms with Gasteiger partial charge in [0.2, 0.25) is 5.91 Å². The maximum atomic E-state index is 11.6. The second-order valence-electron chi connectivity index (χ2n) is 4.49. The molecule has 0 spiro atoms. The molecule has 0 aliphatic heterocycles. The molecule has 0 aromatic heterocycles. The van der Waals surface area contributed by atoms with E-state index in [2.05, 4.69) is 11.4 Å². The number of carbonyl (C=O) groups excluding carboxylic acids is 2. The van der Waals surface area contributed by atoms with Gasteiger partial charge < -0.3 is 5.32 Å². The van der Waals surface area contributed by atoms with Gasteiger partial charge in [-0.15, -0.1) is 0 Å². The number of hydrogen-bond donors (Lipinski definition) is 1. The van der Waals surface area contributed by atoms with E-state index in [4.69, 9.17) is 10.5 Å². The SMILES string of the molecule is CC(=O)C(C#N)C(=O)NCC1(C#N)CCCC1. The molecule has 1 rings (SSSR count). The van der Waals surface area contributed by atoms with E-state index in [0.717, 1.165) is 25.7 Å². The van der Waals surface area contributed by atoms with Gasteiger partial charge in [0.1, 0.15) is 0 Å². The highest BCUT2D eigenvalue weighted by Crippen LogP contribution is 2.36. The Kier molecular flexibility index (Phi) is 4.23. The minimum atomic E-state index is -1.26. The molecule has 17 heavy (non-hydrogen) atoms. The van der Waals surface area contributed by atoms with Gasteiger partial charge in [0.15, 0.2) is 11.7 Å². The number of amides is 1. The Hall–Kier alpha value is -1.88. The molecule has 1 saturated carbocycles. The summed E-state index contributed by atoms with van der Waals surface area (Å²) in [5, 5.41) is 20.3. The van der Waals surface area contributed by atoms with Crippen molar-refractivity contribution in [1.29, 1.82) is 10.5 Å². The van der Waals surface area contributed by atoms with E-state index in [1.54, 1.807) is 6.07 Å². The van der Waals surface area contributed by atoms with Crippen LogP contribution < -0.4 is 5.32 Å². The van der Waals surface area contributed by atoms with Crippen LogP contribution in [0, 0.1) is 34.0 Å². The molecule has 1 fully saturated rings. The maximum absolute atomic E-state index is 11.6. The van der Waals surface area contributed by atoms with Crippen molar-refractivity contribution in [2.75, 3.05) is 6.54 Å². The maximum Gasteiger partial charge on any atom is 0.245 e. The largest absolute Gasteiger partial charge is 0.353 e. The summed E-state index contributed by atoms with van der Waals surface area (Å²) in [5.41, 5.74) is -0.507. The topological polar surface area (TPSA) is 93.8 Å². The van der Waals surface area contributed by atoms with Gasteiger partial charge in [-0.2, -0.15) is 10.5 Å². The summed E-state index contributed by atoms with van der Waals surface area (Å²) in [6.45, 7) is 1.44. The highest BCUT2D eigenvalue weighted by molar-refractivity contribution is 6.02. The smallest absolute Gasteiger partial charge is 0.245 e. The van der Waals surface area contributed by atoms with Crippen molar-refractivity contribution >= 4 is 11.7 Å². The van der Waals surface area contributed by atoms with Crippen LogP contribution in [0.15, 0.2) is 0 Å². The third-order valence-corrected chi connectivity index (χ3v) is 3.20. The van der Waals surface area contributed by atoms with E-state index in [9.17, 15) is 9.59 Å². The Bertz CT molecular complexity index is 397. The molecule has 1 N–H and O–H groups in total. The summed E-state index contributed by atoms with van der Waals surface area (Å²) in [6.07, 6.45) is 3.50. The lowest BCUT2D eigenvalue weighted by molar-refractivity contribution is -0.130. The van der Waals surface area contributed by atoms with Crippen LogP contribution >= 0.6 is 0 Å². The van der Waals surface area contributed by atoms with Crippen LogP contribution in [0.2, 0.25) is 0 Å². The van der Waals surface area contributed by atoms with Crippen LogP contribution in [0.5, 0.6) is 0 Å². The molecule has 0 heterocycles. The molecule has 5 nitrogen and oxygen atoms in total. The highest BCUT2D eigenvalue weighted by Gasteiger charge is 2.35. The molecule has 0 radical (unpaired) electrons. The van der Waals surface area contributed by atoms with Crippen LogP contribution in [0.25, 0.3) is 0 Å². The zero-order valence-electron chi connectivity index (χ0n) is 9.82. The molecule has 1 aliphatic carbocycles. The van der Waals surface area contributed by atoms with Crippen LogP contribution in [-0.4, -0.2) is 18.2 Å². The molecule has 5 heteroatoms. The standard InChI is InChI=1S/C12H15N3O2/c1-9(16)10(6-13)11(17)15-8-12(7-14)4-2-3-5-12/h10H,2-5,8H2,1H3,(H,15,17). The Balaban J connectivity index is 2.56. The Morgan fingerprint density at radius 2 is 1.94 bits per heavy atom. The molecule has 1 atom stereocenters. The number of Topliss-reactive ketones (excluding diaryl/α,β-unsaturated/α-hetero) is 1. The predicted octanol–water partition coefficient (Wildman–Crippen LogP) is 0.915. The summed E-state index contributed by atoms with van der Waals surface area (Å²) >= 11 is 0. The van der Waals surface area contributed by atoms with E-state index in [1.807, 2.05) is 0 Å². The lowest BCUT2D eigenvalue weighted by Crippen LogP contribution is -2.40. The van der Waals surface area contributed by atoms with Crippen LogP contribution in [0.3, 0.4) is 0 Å². The number of carbonyl (C=O) groups is 2. The Morgan fingerprint density at radius 1 is 1.35 bits per heavy atom. The molecule has 1 amide bonds. The van der Waals surface area contributed by atoms with Crippen LogP contribution in [-0.2, 0) is 9.59 Å². The third kappa shape index (κ3) is 3.04. The molecular formula is C12H15N3O2. The van der Waals surface area contributed by atoms with Gasteiger partial charge in [-0.1, -0.05) is 12.8 Å². The van der Waals surface area contributed by atoms with E-state index >= 15 is 0 Å². The molecule has 0 bridgehead atoms. The first-order chi connectivity index (χ1) is 8.04. The number of hydrogen-bond acceptors (Lipinski definition) is 4. The summed E-state index contributed by atoms with van der Waals surface area (Å²) < 4.78 is 0. The zero-order valence-corrected chi connectivity index (χ0v) is 9.82. The van der Waals surface area contributed by atoms with E-state index in [-0.39, 0.29) is 6.54 Å². The normalized spacial score (nSPS) is 18.8. The van der Waals surface area contributed by atoms with Crippen molar-refractivity contribution in [1.82, 2.24) is 5.32 Å². The third-order valence-electron chi connectivity index (χ3n) is 3.20. The highest BCUT2D eigenvalue weighted by atomic mass is 16.2. The lowest BCUT2D eigenvalue weighted by Gasteiger charge is -2.20. The molecule has 90 valence electrons. The molecule has 1 unspecified atom stereocenters. The minimum absolute atomic E-state index is 0.230. The summed E-state index contributed by atoms with van der Waals surface area (Å²) in [5.74, 6) is -2.32. The van der Waals surface area contributed by atoms with Crippen molar-refractivity contribution in [3.63, 3.8) is 0 Å². The second kappa shape index (κ2) is 5.45. The van der Waals surface area contributed by atoms with E-state index < -0.39 is 23.0 Å². The number of nitrogens with zero attached hydrogens (tertiary/aromatic N) is 2. The first-order valence-corrected chi connectivity index (χ1v) is 5.64. The first-order valence-electron chi connectivity index (χ1n) is 5.64. The quantitative estimate of drug-likeness (QED) is 0.730. The fourth-order valence-corrected chi connectivity index (χ4v) is 2.07. The fraction of sp³-hybridized carbons (Fsp3) is 0.667. The van der Waals surface area contributed by atoms with Crippen LogP contribution in [0.1, 0.15) is 32.6 Å². The average Bonchev–Trinajstić information content (AvgIpc) is 2.76. The monoisotopic (exact) mass is 233 g/mol. The summed E-state index contributed by atoms with van der Waals surface area (Å²) in [6, 6.07) is 3.90. The first kappa shape index (κ1) is 13.2. The van der Waals surface area contributed by atoms with Gasteiger partial charge in [-0.3, -0.25) is 9.59 Å². The van der Waals surface area contributed by atoms with Crippen molar-refractivity contribution < 1.29 is 9.59 Å². The molecule has 0 aromatic rings. The number of rotatable bonds is 4. The molecule has 0 saturated heterocycles. The van der Waals surface area contributed by atoms with E-state index in [1.165, 1.54) is 6.92 Å². The van der Waals surface area contributed by atoms with E-state index in [0.29, 0.717) is 0 Å². The minimum Gasteiger partial charge on any atom is -0.353 e. The molecule has 1 aliphatic rings. The van der Waals surface area contributed by atoms with Gasteiger partial charge in [0, 0.05) is 6.54 Å². The van der Waals surface area contributed by atoms with Gasteiger partial charge in [-0.05, 0) is 19.8 Å². The number of nitrogens with one attached hydrogen (secondary N) is 1. The van der Waals surface area contributed by atoms with Crippen LogP contribution in [0.4, 0.5) is 0 Å². The van der Waals surface area contributed by atoms with Gasteiger partial charge in [0.05, 0.1) is 17.6 Å². The van der Waals surface area contributed by atoms with Gasteiger partial charge >= 0.3 is 0 Å².